The molecule has 1 amide bonds. The number of hydrogen-bond donors (Lipinski definition) is 0. The van der Waals surface area contributed by atoms with E-state index < -0.39 is 0 Å². The molecule has 1 aromatic carbocycles. The van der Waals surface area contributed by atoms with E-state index in [9.17, 15) is 4.79 Å². The molecule has 4 rings (SSSR count). The Hall–Kier alpha value is -2.21. The number of hydrogen-bond acceptors (Lipinski definition) is 3. The van der Waals surface area contributed by atoms with E-state index in [-0.39, 0.29) is 11.9 Å². The van der Waals surface area contributed by atoms with Gasteiger partial charge in [-0.1, -0.05) is 24.3 Å². The van der Waals surface area contributed by atoms with E-state index >= 15 is 0 Å². The lowest BCUT2D eigenvalue weighted by atomic mass is 10.1. The molecule has 116 valence electrons. The normalized spacial score (nSPS) is 17.8. The standard InChI is InChI=1S/C17H15BrN4O/c18-13-9-20-22(10-13)14-6-8-21(11-14)17(23)16-15-4-2-1-3-12(15)5-7-19-16/h1-5,7,9-10,14H,6,8,11H2. The molecule has 1 aliphatic heterocycles. The van der Waals surface area contributed by atoms with Crippen LogP contribution in [0.2, 0.25) is 0 Å². The summed E-state index contributed by atoms with van der Waals surface area (Å²) in [5, 5.41) is 6.28. The average Bonchev–Trinajstić information content (AvgIpc) is 3.22. The molecule has 2 aromatic heterocycles. The smallest absolute Gasteiger partial charge is 0.273 e. The van der Waals surface area contributed by atoms with Crippen LogP contribution in [0.15, 0.2) is 53.4 Å². The Morgan fingerprint density at radius 1 is 1.26 bits per heavy atom. The van der Waals surface area contributed by atoms with E-state index in [4.69, 9.17) is 0 Å². The Kier molecular flexibility index (Phi) is 3.61. The molecule has 3 aromatic rings. The molecule has 0 bridgehead atoms. The van der Waals surface area contributed by atoms with Crippen molar-refractivity contribution in [1.29, 1.82) is 0 Å². The van der Waals surface area contributed by atoms with Gasteiger partial charge in [0.2, 0.25) is 0 Å². The minimum Gasteiger partial charge on any atom is -0.335 e. The van der Waals surface area contributed by atoms with Gasteiger partial charge in [0.05, 0.1) is 16.7 Å². The fraction of sp³-hybridized carbons (Fsp3) is 0.235. The summed E-state index contributed by atoms with van der Waals surface area (Å²) in [6, 6.07) is 10.0. The van der Waals surface area contributed by atoms with Crippen molar-refractivity contribution in [2.75, 3.05) is 13.1 Å². The average molecular weight is 371 g/mol. The molecular weight excluding hydrogens is 356 g/mol. The van der Waals surface area contributed by atoms with Gasteiger partial charge in [0.15, 0.2) is 0 Å². The predicted molar refractivity (Wildman–Crippen MR) is 91.2 cm³/mol. The number of fused-ring (bicyclic) bond motifs is 1. The monoisotopic (exact) mass is 370 g/mol. The van der Waals surface area contributed by atoms with E-state index in [0.717, 1.165) is 28.2 Å². The quantitative estimate of drug-likeness (QED) is 0.695. The molecule has 3 heterocycles. The lowest BCUT2D eigenvalue weighted by Gasteiger charge is -2.17. The SMILES string of the molecule is O=C(c1nccc2ccccc12)N1CCC(n2cc(Br)cn2)C1. The number of carbonyl (C=O) groups excluding carboxylic acids is 1. The lowest BCUT2D eigenvalue weighted by Crippen LogP contribution is -2.30. The fourth-order valence-corrected chi connectivity index (χ4v) is 3.40. The summed E-state index contributed by atoms with van der Waals surface area (Å²) in [5.74, 6) is -0.00415. The van der Waals surface area contributed by atoms with Gasteiger partial charge in [-0.3, -0.25) is 14.5 Å². The van der Waals surface area contributed by atoms with Crippen molar-refractivity contribution < 1.29 is 4.79 Å². The summed E-state index contributed by atoms with van der Waals surface area (Å²) < 4.78 is 2.88. The molecule has 0 radical (unpaired) electrons. The molecule has 1 saturated heterocycles. The Morgan fingerprint density at radius 2 is 2.13 bits per heavy atom. The molecule has 23 heavy (non-hydrogen) atoms. The van der Waals surface area contributed by atoms with Crippen molar-refractivity contribution in [1.82, 2.24) is 19.7 Å². The predicted octanol–water partition coefficient (Wildman–Crippen LogP) is 3.28. The molecule has 1 unspecified atom stereocenters. The van der Waals surface area contributed by atoms with E-state index in [0.29, 0.717) is 12.2 Å². The molecule has 0 aliphatic carbocycles. The molecule has 0 saturated carbocycles. The van der Waals surface area contributed by atoms with Crippen LogP contribution in [0.1, 0.15) is 23.0 Å². The highest BCUT2D eigenvalue weighted by Crippen LogP contribution is 2.25. The number of amides is 1. The zero-order chi connectivity index (χ0) is 15.8. The zero-order valence-electron chi connectivity index (χ0n) is 12.4. The summed E-state index contributed by atoms with van der Waals surface area (Å²) in [6.07, 6.45) is 6.34. The van der Waals surface area contributed by atoms with Crippen molar-refractivity contribution in [2.24, 2.45) is 0 Å². The first-order valence-corrected chi connectivity index (χ1v) is 8.34. The largest absolute Gasteiger partial charge is 0.335 e. The first-order valence-electron chi connectivity index (χ1n) is 7.55. The second kappa shape index (κ2) is 5.77. The Balaban J connectivity index is 1.60. The van der Waals surface area contributed by atoms with Gasteiger partial charge < -0.3 is 4.90 Å². The molecule has 0 spiro atoms. The van der Waals surface area contributed by atoms with Gasteiger partial charge >= 0.3 is 0 Å². The van der Waals surface area contributed by atoms with E-state index in [1.165, 1.54) is 0 Å². The number of nitrogens with zero attached hydrogens (tertiary/aromatic N) is 4. The highest BCUT2D eigenvalue weighted by atomic mass is 79.9. The molecule has 6 heteroatoms. The highest BCUT2D eigenvalue weighted by molar-refractivity contribution is 9.10. The maximum absolute atomic E-state index is 12.9. The minimum absolute atomic E-state index is 0.00415. The fourth-order valence-electron chi connectivity index (χ4n) is 3.10. The zero-order valence-corrected chi connectivity index (χ0v) is 14.0. The lowest BCUT2D eigenvalue weighted by molar-refractivity contribution is 0.0783. The molecule has 1 fully saturated rings. The van der Waals surface area contributed by atoms with Crippen molar-refractivity contribution in [3.63, 3.8) is 0 Å². The molecule has 1 aliphatic rings. The van der Waals surface area contributed by atoms with E-state index in [2.05, 4.69) is 26.0 Å². The van der Waals surface area contributed by atoms with Crippen molar-refractivity contribution >= 4 is 32.6 Å². The first-order chi connectivity index (χ1) is 11.2. The number of benzene rings is 1. The van der Waals surface area contributed by atoms with Crippen LogP contribution >= 0.6 is 15.9 Å². The number of carbonyl (C=O) groups is 1. The van der Waals surface area contributed by atoms with Crippen molar-refractivity contribution in [3.05, 3.63) is 59.1 Å². The third kappa shape index (κ3) is 2.63. The number of likely N-dealkylation sites (tertiary alicyclic amines) is 1. The Labute approximate surface area is 142 Å². The highest BCUT2D eigenvalue weighted by Gasteiger charge is 2.29. The van der Waals surface area contributed by atoms with Gasteiger partial charge in [-0.25, -0.2) is 0 Å². The molecular formula is C17H15BrN4O. The minimum atomic E-state index is -0.00415. The number of aromatic nitrogens is 3. The maximum Gasteiger partial charge on any atom is 0.273 e. The van der Waals surface area contributed by atoms with Gasteiger partial charge in [0.1, 0.15) is 5.69 Å². The Morgan fingerprint density at radius 3 is 2.96 bits per heavy atom. The number of rotatable bonds is 2. The van der Waals surface area contributed by atoms with E-state index in [1.54, 1.807) is 12.4 Å². The van der Waals surface area contributed by atoms with Crippen LogP contribution in [0.25, 0.3) is 10.8 Å². The molecule has 0 N–H and O–H groups in total. The number of pyridine rings is 1. The van der Waals surface area contributed by atoms with Gasteiger partial charge in [-0.05, 0) is 33.8 Å². The second-order valence-corrected chi connectivity index (χ2v) is 6.63. The van der Waals surface area contributed by atoms with Crippen molar-refractivity contribution in [3.8, 4) is 0 Å². The van der Waals surface area contributed by atoms with E-state index in [1.807, 2.05) is 46.1 Å². The molecule has 1 atom stereocenters. The van der Waals surface area contributed by atoms with Gasteiger partial charge in [-0.2, -0.15) is 5.10 Å². The first kappa shape index (κ1) is 14.4. The van der Waals surface area contributed by atoms with Gasteiger partial charge in [0.25, 0.3) is 5.91 Å². The number of halogens is 1. The summed E-state index contributed by atoms with van der Waals surface area (Å²) in [5.41, 5.74) is 0.533. The summed E-state index contributed by atoms with van der Waals surface area (Å²) in [6.45, 7) is 1.39. The molecule has 5 nitrogen and oxygen atoms in total. The Bertz CT molecular complexity index is 870. The topological polar surface area (TPSA) is 51.0 Å². The van der Waals surface area contributed by atoms with Gasteiger partial charge in [0, 0.05) is 30.9 Å². The van der Waals surface area contributed by atoms with Crippen LogP contribution < -0.4 is 0 Å². The van der Waals surface area contributed by atoms with Crippen LogP contribution in [-0.4, -0.2) is 38.7 Å². The van der Waals surface area contributed by atoms with Crippen LogP contribution in [-0.2, 0) is 0 Å². The summed E-state index contributed by atoms with van der Waals surface area (Å²) >= 11 is 3.41. The van der Waals surface area contributed by atoms with Crippen molar-refractivity contribution in [2.45, 2.75) is 12.5 Å². The van der Waals surface area contributed by atoms with Crippen LogP contribution in [0.3, 0.4) is 0 Å². The third-order valence-electron chi connectivity index (χ3n) is 4.27. The maximum atomic E-state index is 12.9. The summed E-state index contributed by atoms with van der Waals surface area (Å²) in [7, 11) is 0. The second-order valence-electron chi connectivity index (χ2n) is 5.71. The third-order valence-corrected chi connectivity index (χ3v) is 4.68. The van der Waals surface area contributed by atoms with Gasteiger partial charge in [-0.15, -0.1) is 0 Å². The van der Waals surface area contributed by atoms with Crippen LogP contribution in [0.4, 0.5) is 0 Å². The summed E-state index contributed by atoms with van der Waals surface area (Å²) in [4.78, 5) is 19.1. The van der Waals surface area contributed by atoms with Crippen LogP contribution in [0.5, 0.6) is 0 Å². The van der Waals surface area contributed by atoms with Crippen LogP contribution in [0, 0.1) is 0 Å².